The van der Waals surface area contributed by atoms with Crippen LogP contribution in [-0.4, -0.2) is 16.8 Å². The van der Waals surface area contributed by atoms with Gasteiger partial charge in [0.15, 0.2) is 0 Å². The Bertz CT molecular complexity index is 686. The highest BCUT2D eigenvalue weighted by Gasteiger charge is 2.24. The summed E-state index contributed by atoms with van der Waals surface area (Å²) >= 11 is 0. The standard InChI is InChI=1S/C12H7NO4S2/c14-18(15,11-7-3-1-4-8-11)13-19(16,17)12-9-5-2-6-10-12/h1-3,5,8,10,13H. The van der Waals surface area contributed by atoms with Crippen molar-refractivity contribution in [3.63, 3.8) is 0 Å². The fourth-order valence-corrected chi connectivity index (χ4v) is 3.99. The van der Waals surface area contributed by atoms with Gasteiger partial charge in [-0.1, -0.05) is 24.3 Å². The van der Waals surface area contributed by atoms with E-state index >= 15 is 0 Å². The first-order valence-electron chi connectivity index (χ1n) is 4.96. The van der Waals surface area contributed by atoms with Crippen LogP contribution in [0.25, 0.3) is 0 Å². The molecule has 0 spiro atoms. The second kappa shape index (κ2) is 5.12. The summed E-state index contributed by atoms with van der Waals surface area (Å²) < 4.78 is 49.0. The molecule has 0 unspecified atom stereocenters. The van der Waals surface area contributed by atoms with Gasteiger partial charge in [0.1, 0.15) is 0 Å². The number of nitrogens with one attached hydrogen (secondary N) is 1. The Morgan fingerprint density at radius 1 is 0.737 bits per heavy atom. The van der Waals surface area contributed by atoms with Crippen LogP contribution >= 0.6 is 0 Å². The minimum Gasteiger partial charge on any atom is -0.206 e. The van der Waals surface area contributed by atoms with E-state index < -0.39 is 20.0 Å². The number of benzene rings is 2. The number of sulfonamides is 2. The maximum absolute atomic E-state index is 11.9. The molecule has 0 saturated heterocycles. The molecule has 1 N–H and O–H groups in total. The van der Waals surface area contributed by atoms with Crippen LogP contribution in [0.3, 0.4) is 0 Å². The van der Waals surface area contributed by atoms with Crippen LogP contribution in [0.2, 0.25) is 0 Å². The van der Waals surface area contributed by atoms with Crippen LogP contribution in [0.4, 0.5) is 0 Å². The third-order valence-corrected chi connectivity index (χ3v) is 5.42. The molecule has 0 saturated carbocycles. The topological polar surface area (TPSA) is 80.3 Å². The lowest BCUT2D eigenvalue weighted by Gasteiger charge is -2.07. The molecule has 0 heterocycles. The van der Waals surface area contributed by atoms with E-state index in [1.54, 1.807) is 4.13 Å². The Labute approximate surface area is 112 Å². The molecule has 5 nitrogen and oxygen atoms in total. The van der Waals surface area contributed by atoms with Crippen molar-refractivity contribution in [2.75, 3.05) is 0 Å². The van der Waals surface area contributed by atoms with E-state index in [1.165, 1.54) is 24.3 Å². The van der Waals surface area contributed by atoms with Gasteiger partial charge in [0.05, 0.1) is 9.79 Å². The Morgan fingerprint density at radius 3 is 1.47 bits per heavy atom. The van der Waals surface area contributed by atoms with Crippen molar-refractivity contribution in [3.8, 4) is 0 Å². The molecule has 2 aromatic carbocycles. The van der Waals surface area contributed by atoms with Gasteiger partial charge < -0.3 is 0 Å². The number of hydrogen-bond acceptors (Lipinski definition) is 4. The molecule has 0 aromatic heterocycles. The van der Waals surface area contributed by atoms with E-state index in [1.807, 2.05) is 0 Å². The van der Waals surface area contributed by atoms with Gasteiger partial charge >= 0.3 is 0 Å². The average Bonchev–Trinajstić information content (AvgIpc) is 2.40. The van der Waals surface area contributed by atoms with Crippen LogP contribution in [0.1, 0.15) is 0 Å². The molecule has 4 radical (unpaired) electrons. The van der Waals surface area contributed by atoms with Crippen molar-refractivity contribution in [1.82, 2.24) is 4.13 Å². The van der Waals surface area contributed by atoms with Crippen molar-refractivity contribution in [2.45, 2.75) is 9.79 Å². The van der Waals surface area contributed by atoms with Crippen molar-refractivity contribution < 1.29 is 16.8 Å². The second-order valence-electron chi connectivity index (χ2n) is 3.40. The molecule has 0 fully saturated rings. The Hall–Kier alpha value is -1.70. The Balaban J connectivity index is 2.37. The average molecular weight is 293 g/mol. The van der Waals surface area contributed by atoms with Gasteiger partial charge in [0.2, 0.25) is 0 Å². The van der Waals surface area contributed by atoms with E-state index in [-0.39, 0.29) is 9.79 Å². The quantitative estimate of drug-likeness (QED) is 0.893. The SMILES string of the molecule is O=S(=O)(NS(=O)(=O)c1[c]cc[c]c1)c1[c]cc[c]c1. The predicted octanol–water partition coefficient (Wildman–Crippen LogP) is 0.555. The van der Waals surface area contributed by atoms with Crippen molar-refractivity contribution >= 4 is 20.0 Å². The van der Waals surface area contributed by atoms with Crippen molar-refractivity contribution in [2.24, 2.45) is 0 Å². The molecule has 0 amide bonds. The summed E-state index contributed by atoms with van der Waals surface area (Å²) in [7, 11) is -8.45. The summed E-state index contributed by atoms with van der Waals surface area (Å²) in [5, 5.41) is 0. The maximum atomic E-state index is 11.9. The maximum Gasteiger partial charge on any atom is 0.254 e. The Kier molecular flexibility index (Phi) is 3.70. The lowest BCUT2D eigenvalue weighted by Crippen LogP contribution is -2.30. The number of hydrogen-bond donors (Lipinski definition) is 1. The van der Waals surface area contributed by atoms with E-state index in [0.717, 1.165) is 12.1 Å². The van der Waals surface area contributed by atoms with E-state index in [2.05, 4.69) is 24.3 Å². The molecule has 7 heteroatoms. The lowest BCUT2D eigenvalue weighted by molar-refractivity contribution is 0.576. The molecule has 0 aliphatic carbocycles. The fraction of sp³-hybridized carbons (Fsp3) is 0. The van der Waals surface area contributed by atoms with Gasteiger partial charge in [0, 0.05) is 12.1 Å². The summed E-state index contributed by atoms with van der Waals surface area (Å²) in [5.41, 5.74) is 0. The molecular weight excluding hydrogens is 286 g/mol. The van der Waals surface area contributed by atoms with Gasteiger partial charge in [-0.15, -0.1) is 4.13 Å². The van der Waals surface area contributed by atoms with E-state index in [0.29, 0.717) is 0 Å². The van der Waals surface area contributed by atoms with Gasteiger partial charge in [-0.2, -0.15) is 0 Å². The first kappa shape index (κ1) is 13.7. The Morgan fingerprint density at radius 2 is 1.16 bits per heavy atom. The summed E-state index contributed by atoms with van der Waals surface area (Å²) in [6, 6.07) is 17.7. The zero-order chi connectivity index (χ0) is 13.9. The first-order valence-corrected chi connectivity index (χ1v) is 7.93. The molecular formula is C12H7NO4S2. The zero-order valence-corrected chi connectivity index (χ0v) is 11.0. The highest BCUT2D eigenvalue weighted by Crippen LogP contribution is 2.12. The summed E-state index contributed by atoms with van der Waals surface area (Å²) in [6.45, 7) is 0. The molecule has 0 aliphatic heterocycles. The highest BCUT2D eigenvalue weighted by molar-refractivity contribution is 8.04. The molecule has 0 bridgehead atoms. The van der Waals surface area contributed by atoms with Gasteiger partial charge in [-0.25, -0.2) is 16.8 Å². The summed E-state index contributed by atoms with van der Waals surface area (Å²) in [4.78, 5) is -0.614. The monoisotopic (exact) mass is 293 g/mol. The smallest absolute Gasteiger partial charge is 0.206 e. The van der Waals surface area contributed by atoms with Gasteiger partial charge in [-0.05, 0) is 24.3 Å². The normalized spacial score (nSPS) is 12.2. The minimum absolute atomic E-state index is 0.307. The summed E-state index contributed by atoms with van der Waals surface area (Å²) in [6.07, 6.45) is 0. The van der Waals surface area contributed by atoms with Crippen LogP contribution < -0.4 is 4.13 Å². The molecule has 19 heavy (non-hydrogen) atoms. The molecule has 0 atom stereocenters. The second-order valence-corrected chi connectivity index (χ2v) is 6.96. The minimum atomic E-state index is -4.22. The largest absolute Gasteiger partial charge is 0.254 e. The van der Waals surface area contributed by atoms with Crippen LogP contribution in [0.15, 0.2) is 46.2 Å². The van der Waals surface area contributed by atoms with Crippen LogP contribution in [0.5, 0.6) is 0 Å². The molecule has 96 valence electrons. The van der Waals surface area contributed by atoms with Gasteiger partial charge in [0.25, 0.3) is 20.0 Å². The summed E-state index contributed by atoms with van der Waals surface area (Å²) in [5.74, 6) is 0. The molecule has 2 rings (SSSR count). The number of rotatable bonds is 4. The zero-order valence-electron chi connectivity index (χ0n) is 9.41. The van der Waals surface area contributed by atoms with Crippen LogP contribution in [-0.2, 0) is 20.0 Å². The van der Waals surface area contributed by atoms with Gasteiger partial charge in [-0.3, -0.25) is 0 Å². The van der Waals surface area contributed by atoms with E-state index in [4.69, 9.17) is 0 Å². The van der Waals surface area contributed by atoms with Crippen LogP contribution in [0, 0.1) is 24.3 Å². The molecule has 2 aromatic rings. The predicted molar refractivity (Wildman–Crippen MR) is 65.7 cm³/mol. The first-order chi connectivity index (χ1) is 8.92. The van der Waals surface area contributed by atoms with E-state index in [9.17, 15) is 16.8 Å². The fourth-order valence-electron chi connectivity index (χ4n) is 1.22. The third kappa shape index (κ3) is 3.19. The van der Waals surface area contributed by atoms with Crippen molar-refractivity contribution in [1.29, 1.82) is 0 Å². The third-order valence-electron chi connectivity index (χ3n) is 2.04. The lowest BCUT2D eigenvalue weighted by atomic mass is 10.4. The van der Waals surface area contributed by atoms with Crippen molar-refractivity contribution in [3.05, 3.63) is 60.7 Å². The highest BCUT2D eigenvalue weighted by atomic mass is 32.3. The molecule has 0 aliphatic rings.